The molecule has 2 heterocycles. The first-order chi connectivity index (χ1) is 10.9. The van der Waals surface area contributed by atoms with Crippen molar-refractivity contribution in [3.05, 3.63) is 34.4 Å². The van der Waals surface area contributed by atoms with Gasteiger partial charge in [0.2, 0.25) is 0 Å². The van der Waals surface area contributed by atoms with Gasteiger partial charge in [-0.05, 0) is 30.2 Å². The molecule has 0 saturated carbocycles. The van der Waals surface area contributed by atoms with E-state index in [1.165, 1.54) is 0 Å². The fraction of sp³-hybridized carbons (Fsp3) is 0.500. The number of fused-ring (bicyclic) bond motifs is 1. The lowest BCUT2D eigenvalue weighted by Gasteiger charge is -2.35. The molecule has 1 aliphatic rings. The van der Waals surface area contributed by atoms with Crippen LogP contribution in [0.25, 0.3) is 10.9 Å². The minimum Gasteiger partial charge on any atom is -0.361 e. The van der Waals surface area contributed by atoms with E-state index in [0.717, 1.165) is 47.1 Å². The van der Waals surface area contributed by atoms with Crippen LogP contribution in [0.4, 0.5) is 13.2 Å². The number of piperazine rings is 1. The summed E-state index contributed by atoms with van der Waals surface area (Å²) < 4.78 is 39.2. The maximum atomic E-state index is 12.8. The normalized spacial score (nSPS) is 17.0. The number of aromatic nitrogens is 1. The Bertz CT molecular complexity index is 672. The average molecular weight is 463 g/mol. The van der Waals surface area contributed by atoms with E-state index in [0.29, 0.717) is 0 Å². The van der Waals surface area contributed by atoms with Crippen LogP contribution >= 0.6 is 40.7 Å². The number of hydrogen-bond acceptors (Lipinski definition) is 2. The number of H-pyrrole nitrogens is 1. The fourth-order valence-corrected chi connectivity index (χ4v) is 3.58. The molecule has 9 heteroatoms. The molecule has 25 heavy (non-hydrogen) atoms. The standard InChI is InChI=1S/C16H19BrF3N3.2ClH/c17-11-1-2-14-12(9-11)13(10-22-14)15(3-4-16(18,19)20)23-7-5-21-6-8-23;;/h1-2,9-10,15,21-22H,3-8H2;2*1H/t15-;;/m0../s1. The van der Waals surface area contributed by atoms with Gasteiger partial charge in [-0.3, -0.25) is 4.90 Å². The summed E-state index contributed by atoms with van der Waals surface area (Å²) >= 11 is 3.45. The van der Waals surface area contributed by atoms with E-state index < -0.39 is 12.6 Å². The van der Waals surface area contributed by atoms with Crippen molar-refractivity contribution in [2.45, 2.75) is 25.1 Å². The summed E-state index contributed by atoms with van der Waals surface area (Å²) in [5.74, 6) is 0. The fourth-order valence-electron chi connectivity index (χ4n) is 3.22. The maximum Gasteiger partial charge on any atom is 0.389 e. The minimum absolute atomic E-state index is 0. The molecule has 142 valence electrons. The lowest BCUT2D eigenvalue weighted by Crippen LogP contribution is -2.45. The van der Waals surface area contributed by atoms with Crippen LogP contribution in [-0.2, 0) is 0 Å². The van der Waals surface area contributed by atoms with Crippen molar-refractivity contribution in [3.8, 4) is 0 Å². The summed E-state index contributed by atoms with van der Waals surface area (Å²) in [6.07, 6.45) is -2.94. The Balaban J connectivity index is 0.00000156. The van der Waals surface area contributed by atoms with Crippen LogP contribution in [0.1, 0.15) is 24.4 Å². The van der Waals surface area contributed by atoms with Crippen molar-refractivity contribution in [3.63, 3.8) is 0 Å². The second-order valence-corrected chi connectivity index (χ2v) is 6.81. The number of rotatable bonds is 4. The molecule has 0 radical (unpaired) electrons. The zero-order valence-corrected chi connectivity index (χ0v) is 16.6. The van der Waals surface area contributed by atoms with Crippen LogP contribution in [0.15, 0.2) is 28.9 Å². The lowest BCUT2D eigenvalue weighted by atomic mass is 9.98. The summed E-state index contributed by atoms with van der Waals surface area (Å²) in [5.41, 5.74) is 1.91. The van der Waals surface area contributed by atoms with Crippen molar-refractivity contribution < 1.29 is 13.2 Å². The SMILES string of the molecule is Cl.Cl.FC(F)(F)CC[C@@H](c1c[nH]c2ccc(Br)cc12)N1CCNCC1. The highest BCUT2D eigenvalue weighted by molar-refractivity contribution is 9.10. The number of halogens is 6. The van der Waals surface area contributed by atoms with E-state index in [1.54, 1.807) is 0 Å². The van der Waals surface area contributed by atoms with E-state index in [4.69, 9.17) is 0 Å². The maximum absolute atomic E-state index is 12.8. The molecule has 0 spiro atoms. The van der Waals surface area contributed by atoms with E-state index in [-0.39, 0.29) is 37.3 Å². The van der Waals surface area contributed by atoms with Gasteiger partial charge < -0.3 is 10.3 Å². The molecule has 3 rings (SSSR count). The summed E-state index contributed by atoms with van der Waals surface area (Å²) in [7, 11) is 0. The highest BCUT2D eigenvalue weighted by Gasteiger charge is 2.32. The van der Waals surface area contributed by atoms with Crippen LogP contribution in [0.3, 0.4) is 0 Å². The van der Waals surface area contributed by atoms with E-state index in [9.17, 15) is 13.2 Å². The van der Waals surface area contributed by atoms with Crippen LogP contribution in [-0.4, -0.2) is 42.2 Å². The van der Waals surface area contributed by atoms with Crippen LogP contribution in [0.2, 0.25) is 0 Å². The van der Waals surface area contributed by atoms with Crippen molar-refractivity contribution >= 4 is 51.6 Å². The highest BCUT2D eigenvalue weighted by atomic mass is 79.9. The van der Waals surface area contributed by atoms with Gasteiger partial charge in [0.1, 0.15) is 0 Å². The number of nitrogens with zero attached hydrogens (tertiary/aromatic N) is 1. The Kier molecular flexibility index (Phi) is 8.54. The largest absolute Gasteiger partial charge is 0.389 e. The van der Waals surface area contributed by atoms with Crippen LogP contribution in [0.5, 0.6) is 0 Å². The Labute approximate surface area is 165 Å². The Morgan fingerprint density at radius 2 is 1.84 bits per heavy atom. The second kappa shape index (κ2) is 9.46. The molecule has 1 atom stereocenters. The molecule has 0 amide bonds. The van der Waals surface area contributed by atoms with Crippen molar-refractivity contribution in [2.75, 3.05) is 26.2 Å². The van der Waals surface area contributed by atoms with E-state index >= 15 is 0 Å². The average Bonchev–Trinajstić information content (AvgIpc) is 2.91. The predicted octanol–water partition coefficient (Wildman–Crippen LogP) is 5.06. The molecule has 1 aromatic heterocycles. The number of hydrogen-bond donors (Lipinski definition) is 2. The van der Waals surface area contributed by atoms with Gasteiger partial charge in [-0.1, -0.05) is 15.9 Å². The number of benzene rings is 1. The molecule has 2 N–H and O–H groups in total. The Morgan fingerprint density at radius 1 is 1.16 bits per heavy atom. The molecular formula is C16H21BrCl2F3N3. The lowest BCUT2D eigenvalue weighted by molar-refractivity contribution is -0.138. The molecule has 0 aliphatic carbocycles. The topological polar surface area (TPSA) is 31.1 Å². The summed E-state index contributed by atoms with van der Waals surface area (Å²) in [6.45, 7) is 3.16. The summed E-state index contributed by atoms with van der Waals surface area (Å²) in [4.78, 5) is 5.35. The third-order valence-corrected chi connectivity index (χ3v) is 4.82. The third-order valence-electron chi connectivity index (χ3n) is 4.33. The van der Waals surface area contributed by atoms with Crippen molar-refractivity contribution in [1.29, 1.82) is 0 Å². The molecule has 1 saturated heterocycles. The first-order valence-electron chi connectivity index (χ1n) is 7.72. The number of alkyl halides is 3. The van der Waals surface area contributed by atoms with Gasteiger partial charge >= 0.3 is 6.18 Å². The van der Waals surface area contributed by atoms with Gasteiger partial charge in [0.25, 0.3) is 0 Å². The van der Waals surface area contributed by atoms with Gasteiger partial charge in [0, 0.05) is 60.2 Å². The predicted molar refractivity (Wildman–Crippen MR) is 103 cm³/mol. The van der Waals surface area contributed by atoms with E-state index in [2.05, 4.69) is 31.1 Å². The monoisotopic (exact) mass is 461 g/mol. The molecular weight excluding hydrogens is 442 g/mol. The zero-order valence-electron chi connectivity index (χ0n) is 13.4. The van der Waals surface area contributed by atoms with E-state index in [1.807, 2.05) is 24.4 Å². The molecule has 1 aromatic carbocycles. The van der Waals surface area contributed by atoms with Gasteiger partial charge in [-0.25, -0.2) is 0 Å². The summed E-state index contributed by atoms with van der Waals surface area (Å²) in [6, 6.07) is 5.63. The van der Waals surface area contributed by atoms with Crippen molar-refractivity contribution in [1.82, 2.24) is 15.2 Å². The van der Waals surface area contributed by atoms with Crippen LogP contribution < -0.4 is 5.32 Å². The minimum atomic E-state index is -4.13. The quantitative estimate of drug-likeness (QED) is 0.665. The number of nitrogens with one attached hydrogen (secondary N) is 2. The molecule has 1 fully saturated rings. The number of aromatic amines is 1. The van der Waals surface area contributed by atoms with Crippen LogP contribution in [0, 0.1) is 0 Å². The highest BCUT2D eigenvalue weighted by Crippen LogP contribution is 2.36. The van der Waals surface area contributed by atoms with Gasteiger partial charge in [-0.15, -0.1) is 24.8 Å². The second-order valence-electron chi connectivity index (χ2n) is 5.89. The van der Waals surface area contributed by atoms with Gasteiger partial charge in [0.15, 0.2) is 0 Å². The van der Waals surface area contributed by atoms with Gasteiger partial charge in [-0.2, -0.15) is 13.2 Å². The first-order valence-corrected chi connectivity index (χ1v) is 8.51. The molecule has 1 aliphatic heterocycles. The zero-order chi connectivity index (χ0) is 16.4. The van der Waals surface area contributed by atoms with Gasteiger partial charge in [0.05, 0.1) is 0 Å². The molecule has 0 bridgehead atoms. The summed E-state index contributed by atoms with van der Waals surface area (Å²) in [5, 5.41) is 4.25. The third kappa shape index (κ3) is 5.76. The Morgan fingerprint density at radius 3 is 2.48 bits per heavy atom. The van der Waals surface area contributed by atoms with Crippen molar-refractivity contribution in [2.24, 2.45) is 0 Å². The molecule has 2 aromatic rings. The first kappa shape index (κ1) is 22.6. The molecule has 3 nitrogen and oxygen atoms in total. The molecule has 0 unspecified atom stereocenters. The smallest absolute Gasteiger partial charge is 0.361 e. The Hall–Kier alpha value is -0.470.